The maximum absolute atomic E-state index is 11.7. The lowest BCUT2D eigenvalue weighted by atomic mass is 9.87. The first-order chi connectivity index (χ1) is 28.1. The summed E-state index contributed by atoms with van der Waals surface area (Å²) in [6.07, 6.45) is 0.820. The van der Waals surface area contributed by atoms with Gasteiger partial charge in [-0.05, 0) is 55.4 Å². The molecule has 3 rings (SSSR count). The van der Waals surface area contributed by atoms with Crippen molar-refractivity contribution in [2.24, 2.45) is 26.4 Å². The number of carboxylic acid groups (broad SMARTS) is 1. The summed E-state index contributed by atoms with van der Waals surface area (Å²) in [5.74, 6) is -2.07. The second-order valence-corrected chi connectivity index (χ2v) is 16.8. The van der Waals surface area contributed by atoms with Crippen molar-refractivity contribution in [3.05, 3.63) is 0 Å². The maximum atomic E-state index is 11.7. The zero-order valence-electron chi connectivity index (χ0n) is 36.8. The normalized spacial score (nSPS) is 24.6. The number of oxime groups is 4. The molecule has 0 atom stereocenters. The van der Waals surface area contributed by atoms with Crippen LogP contribution in [0.5, 0.6) is 0 Å². The Hall–Kier alpha value is -4.32. The highest BCUT2D eigenvalue weighted by molar-refractivity contribution is 6.11. The van der Waals surface area contributed by atoms with Crippen LogP contribution in [0.2, 0.25) is 0 Å². The summed E-state index contributed by atoms with van der Waals surface area (Å²) in [7, 11) is 0. The molecule has 0 radical (unpaired) electrons. The first kappa shape index (κ1) is 53.7. The maximum Gasteiger partial charge on any atom is 0.314 e. The van der Waals surface area contributed by atoms with Gasteiger partial charge in [-0.3, -0.25) is 29.0 Å². The van der Waals surface area contributed by atoms with Crippen LogP contribution in [0.3, 0.4) is 0 Å². The van der Waals surface area contributed by atoms with Crippen molar-refractivity contribution in [3.63, 3.8) is 0 Å². The monoisotopic (exact) mass is 857 g/mol. The van der Waals surface area contributed by atoms with Crippen molar-refractivity contribution in [3.8, 4) is 0 Å². The van der Waals surface area contributed by atoms with Crippen LogP contribution < -0.4 is 32.3 Å². The number of nitrogens with one attached hydrogen (secondary N) is 5. The Bertz CT molecular complexity index is 1430. The number of cyclic esters (lactones) is 2. The third-order valence-corrected chi connectivity index (χ3v) is 10.5. The van der Waals surface area contributed by atoms with Crippen LogP contribution >= 0.6 is 0 Å². The predicted octanol–water partition coefficient (Wildman–Crippen LogP) is -0.0325. The first-order valence-electron chi connectivity index (χ1n) is 20.3. The number of hydrogen-bond acceptors (Lipinski definition) is 20. The van der Waals surface area contributed by atoms with E-state index in [4.69, 9.17) is 10.8 Å². The molecule has 3 fully saturated rings. The highest BCUT2D eigenvalue weighted by atomic mass is 16.6. The zero-order valence-corrected chi connectivity index (χ0v) is 36.8. The molecule has 0 aromatic heterocycles. The SMILES string of the molecule is CC1(C)NCCN(CCN)CCNC(C)(C)/C(=N\O)C/C1=N/O.CC1(C)NCCN(CCNC(=O)CCC(=O)O)CCNC(C)(C)/C(=N\O)C/C1=N/O.O=C1CCC(=O)O1. The van der Waals surface area contributed by atoms with Crippen molar-refractivity contribution in [2.75, 3.05) is 78.5 Å². The molecule has 22 heteroatoms. The lowest BCUT2D eigenvalue weighted by molar-refractivity contribution is -0.152. The molecule has 1 amide bonds. The Balaban J connectivity index is 0.000000526. The molecule has 0 aliphatic carbocycles. The lowest BCUT2D eigenvalue weighted by Gasteiger charge is -2.35. The minimum Gasteiger partial charge on any atom is -0.481 e. The van der Waals surface area contributed by atoms with Gasteiger partial charge in [0.05, 0.1) is 64.3 Å². The predicted molar refractivity (Wildman–Crippen MR) is 227 cm³/mol. The van der Waals surface area contributed by atoms with E-state index in [-0.39, 0.29) is 38.0 Å². The van der Waals surface area contributed by atoms with E-state index in [1.54, 1.807) is 0 Å². The third-order valence-electron chi connectivity index (χ3n) is 10.5. The van der Waals surface area contributed by atoms with E-state index in [0.717, 1.165) is 32.7 Å². The smallest absolute Gasteiger partial charge is 0.314 e. The number of nitrogens with two attached hydrogens (primary N) is 1. The molecule has 0 aromatic carbocycles. The van der Waals surface area contributed by atoms with Gasteiger partial charge in [0.25, 0.3) is 0 Å². The molecule has 3 aliphatic heterocycles. The molecule has 3 heterocycles. The summed E-state index contributed by atoms with van der Waals surface area (Å²) in [6, 6.07) is 0. The largest absolute Gasteiger partial charge is 0.481 e. The molecule has 0 bridgehead atoms. The van der Waals surface area contributed by atoms with Gasteiger partial charge in [0.15, 0.2) is 0 Å². The molecule has 0 aromatic rings. The summed E-state index contributed by atoms with van der Waals surface area (Å²) in [6.45, 7) is 23.7. The van der Waals surface area contributed by atoms with Crippen molar-refractivity contribution in [1.29, 1.82) is 0 Å². The van der Waals surface area contributed by atoms with E-state index in [1.165, 1.54) is 0 Å². The van der Waals surface area contributed by atoms with Crippen molar-refractivity contribution in [2.45, 2.75) is 116 Å². The van der Waals surface area contributed by atoms with Crippen LogP contribution in [0.4, 0.5) is 0 Å². The van der Waals surface area contributed by atoms with E-state index in [1.807, 2.05) is 55.4 Å². The molecule has 0 saturated carbocycles. The molecular formula is C38H72N12O10. The van der Waals surface area contributed by atoms with Crippen molar-refractivity contribution in [1.82, 2.24) is 36.4 Å². The van der Waals surface area contributed by atoms with Gasteiger partial charge in [-0.2, -0.15) is 0 Å². The van der Waals surface area contributed by atoms with Crippen molar-refractivity contribution < 1.29 is 49.9 Å². The summed E-state index contributed by atoms with van der Waals surface area (Å²) < 4.78 is 4.08. The highest BCUT2D eigenvalue weighted by Gasteiger charge is 2.34. The second-order valence-electron chi connectivity index (χ2n) is 16.8. The molecule has 3 aliphatic rings. The Kier molecular flexibility index (Phi) is 23.4. The van der Waals surface area contributed by atoms with Gasteiger partial charge in [-0.25, -0.2) is 0 Å². The van der Waals surface area contributed by atoms with Crippen LogP contribution in [-0.4, -0.2) is 183 Å². The molecule has 22 nitrogen and oxygen atoms in total. The topological polar surface area (TPSA) is 321 Å². The molecular weight excluding hydrogens is 784 g/mol. The van der Waals surface area contributed by atoms with Gasteiger partial charge < -0.3 is 63.0 Å². The Morgan fingerprint density at radius 3 is 1.23 bits per heavy atom. The average molecular weight is 857 g/mol. The fraction of sp³-hybridized carbons (Fsp3) is 0.789. The number of hydrogen-bond donors (Lipinski definition) is 11. The number of carbonyl (C=O) groups is 4. The number of esters is 2. The molecule has 3 saturated heterocycles. The number of carboxylic acids is 1. The average Bonchev–Trinajstić information content (AvgIpc) is 3.55. The standard InChI is InChI=1S/C19H36N6O5.C15H32N6O2.C4H4O3/c1-18(2)14(23-29)13-15(24-30)19(3,4)22-9-12-25(11-8-21-18)10-7-20-16(26)5-6-17(27)28;1-14(2)12(19-22)11-13(20-23)15(3,4)18-7-10-21(8-5-16)9-6-17-14;5-3-1-2-4(6)7-3/h21-22,29-30H,5-13H2,1-4H3,(H,20,26)(H,27,28);17-18,22-23H,5-11,16H2,1-4H3;1-2H2/b23-14-,24-15-;19-12-,20-13-;. The van der Waals surface area contributed by atoms with Crippen molar-refractivity contribution >= 4 is 46.7 Å². The van der Waals surface area contributed by atoms with Crippen LogP contribution in [0.1, 0.15) is 93.9 Å². The number of nitrogens with zero attached hydrogens (tertiary/aromatic N) is 6. The van der Waals surface area contributed by atoms with Crippen LogP contribution in [0, 0.1) is 0 Å². The van der Waals surface area contributed by atoms with Gasteiger partial charge in [-0.1, -0.05) is 20.6 Å². The van der Waals surface area contributed by atoms with Crippen LogP contribution in [0.15, 0.2) is 20.6 Å². The Morgan fingerprint density at radius 2 is 0.967 bits per heavy atom. The summed E-state index contributed by atoms with van der Waals surface area (Å²) in [5, 5.41) is 76.6. The summed E-state index contributed by atoms with van der Waals surface area (Å²) in [4.78, 5) is 46.7. The van der Waals surface area contributed by atoms with Gasteiger partial charge in [0.1, 0.15) is 0 Å². The van der Waals surface area contributed by atoms with Gasteiger partial charge in [-0.15, -0.1) is 0 Å². The minimum absolute atomic E-state index is 0.0344. The second kappa shape index (κ2) is 26.1. The molecule has 344 valence electrons. The Labute approximate surface area is 353 Å². The van der Waals surface area contributed by atoms with Gasteiger partial charge in [0.2, 0.25) is 5.91 Å². The quantitative estimate of drug-likeness (QED) is 0.0661. The number of rotatable bonds is 8. The minimum atomic E-state index is -0.993. The van der Waals surface area contributed by atoms with E-state index < -0.39 is 40.1 Å². The number of aliphatic carboxylic acids is 1. The Morgan fingerprint density at radius 1 is 0.633 bits per heavy atom. The molecule has 12 N–H and O–H groups in total. The highest BCUT2D eigenvalue weighted by Crippen LogP contribution is 2.18. The summed E-state index contributed by atoms with van der Waals surface area (Å²) in [5.41, 5.74) is 5.43. The first-order valence-corrected chi connectivity index (χ1v) is 20.3. The third kappa shape index (κ3) is 19.8. The number of amides is 1. The van der Waals surface area contributed by atoms with E-state index in [0.29, 0.717) is 75.1 Å². The number of carbonyl (C=O) groups excluding carboxylic acids is 3. The lowest BCUT2D eigenvalue weighted by Crippen LogP contribution is -2.56. The van der Waals surface area contributed by atoms with Crippen LogP contribution in [0.25, 0.3) is 0 Å². The molecule has 0 unspecified atom stereocenters. The van der Waals surface area contributed by atoms with E-state index in [2.05, 4.69) is 61.7 Å². The van der Waals surface area contributed by atoms with Gasteiger partial charge >= 0.3 is 17.9 Å². The van der Waals surface area contributed by atoms with Crippen LogP contribution in [-0.2, 0) is 23.9 Å². The zero-order chi connectivity index (χ0) is 45.6. The fourth-order valence-electron chi connectivity index (χ4n) is 6.31. The number of ether oxygens (including phenoxy) is 1. The molecule has 60 heavy (non-hydrogen) atoms. The van der Waals surface area contributed by atoms with Gasteiger partial charge in [0, 0.05) is 97.8 Å². The molecule has 0 spiro atoms. The van der Waals surface area contributed by atoms with E-state index in [9.17, 15) is 40.0 Å². The van der Waals surface area contributed by atoms with E-state index >= 15 is 0 Å². The fourth-order valence-corrected chi connectivity index (χ4v) is 6.31. The summed E-state index contributed by atoms with van der Waals surface area (Å²) >= 11 is 0.